The minimum absolute atomic E-state index is 0.00410. The summed E-state index contributed by atoms with van der Waals surface area (Å²) in [6.45, 7) is 7.45. The Bertz CT molecular complexity index is 294. The zero-order valence-corrected chi connectivity index (χ0v) is 13.9. The van der Waals surface area contributed by atoms with Gasteiger partial charge in [0.25, 0.3) is 0 Å². The molecule has 1 aliphatic carbocycles. The molecule has 4 nitrogen and oxygen atoms in total. The number of nitrogens with two attached hydrogens (primary N) is 1. The molecule has 0 aliphatic heterocycles. The Labute approximate surface area is 124 Å². The number of hydrogen-bond donors (Lipinski definition) is 2. The van der Waals surface area contributed by atoms with Crippen molar-refractivity contribution in [1.29, 1.82) is 0 Å². The van der Waals surface area contributed by atoms with Gasteiger partial charge >= 0.3 is 0 Å². The van der Waals surface area contributed by atoms with Gasteiger partial charge in [0.2, 0.25) is 5.91 Å². The van der Waals surface area contributed by atoms with Gasteiger partial charge in [-0.2, -0.15) is 0 Å². The van der Waals surface area contributed by atoms with Crippen molar-refractivity contribution in [1.82, 2.24) is 10.2 Å². The maximum atomic E-state index is 12.5. The van der Waals surface area contributed by atoms with Crippen LogP contribution in [0.1, 0.15) is 46.5 Å². The molecule has 0 aromatic rings. The first-order valence-electron chi connectivity index (χ1n) is 8.02. The first-order valence-corrected chi connectivity index (χ1v) is 8.02. The summed E-state index contributed by atoms with van der Waals surface area (Å²) in [7, 11) is 4.10. The molecule has 1 aliphatic rings. The number of nitrogens with zero attached hydrogens (tertiary/aromatic N) is 1. The van der Waals surface area contributed by atoms with E-state index in [1.54, 1.807) is 0 Å². The molecular formula is C16H33N3O. The summed E-state index contributed by atoms with van der Waals surface area (Å²) in [4.78, 5) is 14.7. The van der Waals surface area contributed by atoms with E-state index >= 15 is 0 Å². The molecule has 0 aromatic carbocycles. The molecule has 1 fully saturated rings. The molecule has 4 unspecified atom stereocenters. The molecule has 1 amide bonds. The highest BCUT2D eigenvalue weighted by Crippen LogP contribution is 2.28. The predicted molar refractivity (Wildman–Crippen MR) is 84.4 cm³/mol. The largest absolute Gasteiger partial charge is 0.352 e. The van der Waals surface area contributed by atoms with Gasteiger partial charge in [0.1, 0.15) is 0 Å². The van der Waals surface area contributed by atoms with Crippen LogP contribution in [0.3, 0.4) is 0 Å². The number of rotatable bonds is 6. The second-order valence-electron chi connectivity index (χ2n) is 7.19. The van der Waals surface area contributed by atoms with Crippen LogP contribution in [-0.2, 0) is 4.79 Å². The van der Waals surface area contributed by atoms with Gasteiger partial charge in [-0.1, -0.05) is 27.2 Å². The number of carbonyl (C=O) groups excluding carboxylic acids is 1. The fraction of sp³-hybridized carbons (Fsp3) is 0.938. The zero-order chi connectivity index (χ0) is 15.3. The first kappa shape index (κ1) is 17.4. The van der Waals surface area contributed by atoms with E-state index in [0.29, 0.717) is 11.8 Å². The van der Waals surface area contributed by atoms with Crippen LogP contribution in [0.5, 0.6) is 0 Å². The van der Waals surface area contributed by atoms with Crippen LogP contribution in [-0.4, -0.2) is 43.5 Å². The molecule has 1 saturated carbocycles. The van der Waals surface area contributed by atoms with E-state index in [2.05, 4.69) is 31.0 Å². The molecule has 0 aromatic heterocycles. The van der Waals surface area contributed by atoms with Crippen LogP contribution in [0.25, 0.3) is 0 Å². The number of likely N-dealkylation sites (N-methyl/N-ethyl adjacent to an activating group) is 1. The third-order valence-electron chi connectivity index (χ3n) is 4.32. The van der Waals surface area contributed by atoms with Crippen molar-refractivity contribution < 1.29 is 4.79 Å². The van der Waals surface area contributed by atoms with E-state index in [0.717, 1.165) is 32.2 Å². The molecule has 0 spiro atoms. The quantitative estimate of drug-likeness (QED) is 0.782. The molecule has 20 heavy (non-hydrogen) atoms. The Balaban J connectivity index is 2.59. The van der Waals surface area contributed by atoms with Crippen molar-refractivity contribution in [3.05, 3.63) is 0 Å². The topological polar surface area (TPSA) is 58.4 Å². The van der Waals surface area contributed by atoms with E-state index in [1.165, 1.54) is 0 Å². The summed E-state index contributed by atoms with van der Waals surface area (Å²) in [5, 5.41) is 3.24. The smallest absolute Gasteiger partial charge is 0.224 e. The fourth-order valence-corrected chi connectivity index (χ4v) is 3.24. The van der Waals surface area contributed by atoms with Gasteiger partial charge in [0.05, 0.1) is 5.92 Å². The monoisotopic (exact) mass is 283 g/mol. The minimum atomic E-state index is -0.00410. The summed E-state index contributed by atoms with van der Waals surface area (Å²) in [5.74, 6) is 1.20. The van der Waals surface area contributed by atoms with E-state index in [-0.39, 0.29) is 23.9 Å². The molecule has 4 atom stereocenters. The van der Waals surface area contributed by atoms with Crippen molar-refractivity contribution in [2.45, 2.75) is 58.5 Å². The van der Waals surface area contributed by atoms with E-state index in [9.17, 15) is 4.79 Å². The standard InChI is InChI=1S/C16H33N3O/c1-11(2)9-13(10-19(4)5)18-16(20)14-8-6-7-12(3)15(14)17/h11-15H,6-10,17H2,1-5H3,(H,18,20). The Hall–Kier alpha value is -0.610. The van der Waals surface area contributed by atoms with Crippen LogP contribution in [0.4, 0.5) is 0 Å². The predicted octanol–water partition coefficient (Wildman–Crippen LogP) is 1.84. The van der Waals surface area contributed by atoms with Gasteiger partial charge in [-0.3, -0.25) is 4.79 Å². The van der Waals surface area contributed by atoms with Crippen LogP contribution >= 0.6 is 0 Å². The number of nitrogens with one attached hydrogen (secondary N) is 1. The molecule has 118 valence electrons. The van der Waals surface area contributed by atoms with Crippen LogP contribution < -0.4 is 11.1 Å². The average Bonchev–Trinajstić information content (AvgIpc) is 2.30. The molecule has 4 heteroatoms. The SMILES string of the molecule is CC(C)CC(CN(C)C)NC(=O)C1CCCC(C)C1N. The van der Waals surface area contributed by atoms with Crippen LogP contribution in [0.15, 0.2) is 0 Å². The Morgan fingerprint density at radius 3 is 2.55 bits per heavy atom. The molecule has 3 N–H and O–H groups in total. The van der Waals surface area contributed by atoms with Crippen molar-refractivity contribution in [2.75, 3.05) is 20.6 Å². The second-order valence-corrected chi connectivity index (χ2v) is 7.19. The Kier molecular flexibility index (Phi) is 6.96. The van der Waals surface area contributed by atoms with Gasteiger partial charge < -0.3 is 16.0 Å². The van der Waals surface area contributed by atoms with Gasteiger partial charge in [0, 0.05) is 18.6 Å². The highest BCUT2D eigenvalue weighted by atomic mass is 16.2. The summed E-state index contributed by atoms with van der Waals surface area (Å²) < 4.78 is 0. The van der Waals surface area contributed by atoms with E-state index in [4.69, 9.17) is 5.73 Å². The number of amides is 1. The van der Waals surface area contributed by atoms with Crippen molar-refractivity contribution in [3.63, 3.8) is 0 Å². The number of hydrogen-bond acceptors (Lipinski definition) is 3. The molecule has 0 bridgehead atoms. The minimum Gasteiger partial charge on any atom is -0.352 e. The normalized spacial score (nSPS) is 28.7. The maximum Gasteiger partial charge on any atom is 0.224 e. The van der Waals surface area contributed by atoms with E-state index < -0.39 is 0 Å². The van der Waals surface area contributed by atoms with Crippen molar-refractivity contribution in [3.8, 4) is 0 Å². The molecule has 0 heterocycles. The molecule has 0 saturated heterocycles. The van der Waals surface area contributed by atoms with Crippen molar-refractivity contribution in [2.24, 2.45) is 23.5 Å². The number of carbonyl (C=O) groups is 1. The second kappa shape index (κ2) is 7.99. The summed E-state index contributed by atoms with van der Waals surface area (Å²) in [5.41, 5.74) is 6.23. The third kappa shape index (κ3) is 5.41. The molecule has 0 radical (unpaired) electrons. The maximum absolute atomic E-state index is 12.5. The third-order valence-corrected chi connectivity index (χ3v) is 4.32. The summed E-state index contributed by atoms with van der Waals surface area (Å²) >= 11 is 0. The molecular weight excluding hydrogens is 250 g/mol. The lowest BCUT2D eigenvalue weighted by Crippen LogP contribution is -2.51. The summed E-state index contributed by atoms with van der Waals surface area (Å²) in [6, 6.07) is 0.240. The molecule has 1 rings (SSSR count). The van der Waals surface area contributed by atoms with Gasteiger partial charge in [-0.15, -0.1) is 0 Å². The lowest BCUT2D eigenvalue weighted by atomic mass is 9.77. The van der Waals surface area contributed by atoms with Gasteiger partial charge in [-0.25, -0.2) is 0 Å². The summed E-state index contributed by atoms with van der Waals surface area (Å²) in [6.07, 6.45) is 4.22. The highest BCUT2D eigenvalue weighted by Gasteiger charge is 2.33. The fourth-order valence-electron chi connectivity index (χ4n) is 3.24. The first-order chi connectivity index (χ1) is 9.31. The van der Waals surface area contributed by atoms with Crippen LogP contribution in [0, 0.1) is 17.8 Å². The zero-order valence-electron chi connectivity index (χ0n) is 13.9. The van der Waals surface area contributed by atoms with Gasteiger partial charge in [0.15, 0.2) is 0 Å². The van der Waals surface area contributed by atoms with Gasteiger partial charge in [-0.05, 0) is 45.2 Å². The van der Waals surface area contributed by atoms with E-state index in [1.807, 2.05) is 14.1 Å². The Morgan fingerprint density at radius 1 is 1.35 bits per heavy atom. The van der Waals surface area contributed by atoms with Crippen LogP contribution in [0.2, 0.25) is 0 Å². The lowest BCUT2D eigenvalue weighted by molar-refractivity contribution is -0.128. The Morgan fingerprint density at radius 2 is 2.00 bits per heavy atom. The lowest BCUT2D eigenvalue weighted by Gasteiger charge is -2.34. The highest BCUT2D eigenvalue weighted by molar-refractivity contribution is 5.79. The average molecular weight is 283 g/mol. The van der Waals surface area contributed by atoms with Crippen molar-refractivity contribution >= 4 is 5.91 Å².